The number of benzene rings is 1. The van der Waals surface area contributed by atoms with Crippen molar-refractivity contribution < 1.29 is 0 Å². The number of nitrogens with zero attached hydrogens (tertiary/aromatic N) is 4. The van der Waals surface area contributed by atoms with Crippen LogP contribution in [0.5, 0.6) is 0 Å². The Morgan fingerprint density at radius 1 is 1.00 bits per heavy atom. The molecule has 2 aromatic rings. The molecule has 0 radical (unpaired) electrons. The topological polar surface area (TPSA) is 76.3 Å². The summed E-state index contributed by atoms with van der Waals surface area (Å²) in [4.78, 5) is 0. The van der Waals surface area contributed by atoms with E-state index in [1.807, 2.05) is 47.2 Å². The normalized spacial score (nSPS) is 9.74. The summed E-state index contributed by atoms with van der Waals surface area (Å²) in [6.45, 7) is 0. The van der Waals surface area contributed by atoms with Crippen LogP contribution in [0.4, 0.5) is 0 Å². The van der Waals surface area contributed by atoms with Crippen molar-refractivity contribution in [3.8, 4) is 18.2 Å². The lowest BCUT2D eigenvalue weighted by atomic mass is 10.1. The Balaban J connectivity index is 2.45. The van der Waals surface area contributed by atoms with Gasteiger partial charge in [0.2, 0.25) is 0 Å². The van der Waals surface area contributed by atoms with Gasteiger partial charge in [0.15, 0.2) is 0 Å². The maximum atomic E-state index is 8.93. The van der Waals surface area contributed by atoms with Crippen molar-refractivity contribution in [2.24, 2.45) is 0 Å². The smallest absolute Gasteiger partial charge is 0.147 e. The maximum Gasteiger partial charge on any atom is 0.147 e. The number of fused-ring (bicyclic) bond motifs is 1. The molecule has 0 saturated carbocycles. The fourth-order valence-corrected chi connectivity index (χ4v) is 1.71. The molecule has 4 heteroatoms. The van der Waals surface area contributed by atoms with E-state index < -0.39 is 0 Å². The highest BCUT2D eigenvalue weighted by Gasteiger charge is 2.02. The number of hydrogen-bond donors (Lipinski definition) is 0. The standard InChI is InChI=1S/C15H8N4/c16-9-13(14(10-17)11-18)6-8-19-7-5-12-3-1-2-4-15(12)19/h1-8H/b8-6+. The molecule has 1 heterocycles. The number of rotatable bonds is 2. The Morgan fingerprint density at radius 2 is 1.74 bits per heavy atom. The van der Waals surface area contributed by atoms with E-state index in [2.05, 4.69) is 0 Å². The second kappa shape index (κ2) is 5.36. The Bertz CT molecular complexity index is 785. The van der Waals surface area contributed by atoms with Crippen LogP contribution >= 0.6 is 0 Å². The molecule has 0 aliphatic rings. The van der Waals surface area contributed by atoms with E-state index in [1.165, 1.54) is 6.08 Å². The first-order valence-corrected chi connectivity index (χ1v) is 5.48. The van der Waals surface area contributed by atoms with E-state index in [1.54, 1.807) is 18.3 Å². The minimum atomic E-state index is -0.185. The molecule has 19 heavy (non-hydrogen) atoms. The van der Waals surface area contributed by atoms with Crippen LogP contribution in [-0.4, -0.2) is 4.57 Å². The summed E-state index contributed by atoms with van der Waals surface area (Å²) in [5.41, 5.74) is 0.865. The number of para-hydroxylation sites is 1. The van der Waals surface area contributed by atoms with Gasteiger partial charge in [-0.2, -0.15) is 15.8 Å². The fraction of sp³-hybridized carbons (Fsp3) is 0. The van der Waals surface area contributed by atoms with Crippen molar-refractivity contribution in [1.82, 2.24) is 4.57 Å². The van der Waals surface area contributed by atoms with Crippen LogP contribution in [0.1, 0.15) is 0 Å². The monoisotopic (exact) mass is 244 g/mol. The average Bonchev–Trinajstić information content (AvgIpc) is 2.87. The molecule has 2 rings (SSSR count). The van der Waals surface area contributed by atoms with Gasteiger partial charge in [0.25, 0.3) is 0 Å². The zero-order valence-corrected chi connectivity index (χ0v) is 9.91. The summed E-state index contributed by atoms with van der Waals surface area (Å²) in [7, 11) is 0. The van der Waals surface area contributed by atoms with Crippen LogP contribution in [0.15, 0.2) is 53.8 Å². The van der Waals surface area contributed by atoms with Crippen molar-refractivity contribution in [2.75, 3.05) is 0 Å². The van der Waals surface area contributed by atoms with Gasteiger partial charge in [-0.3, -0.25) is 0 Å². The van der Waals surface area contributed by atoms with Gasteiger partial charge in [-0.15, -0.1) is 0 Å². The number of hydrogen-bond acceptors (Lipinski definition) is 3. The predicted molar refractivity (Wildman–Crippen MR) is 71.1 cm³/mol. The minimum Gasteiger partial charge on any atom is -0.323 e. The molecule has 0 N–H and O–H groups in total. The van der Waals surface area contributed by atoms with Crippen molar-refractivity contribution in [3.05, 3.63) is 53.8 Å². The molecule has 0 atom stereocenters. The van der Waals surface area contributed by atoms with E-state index in [-0.39, 0.29) is 11.1 Å². The molecule has 1 aromatic heterocycles. The quantitative estimate of drug-likeness (QED) is 0.601. The van der Waals surface area contributed by atoms with Gasteiger partial charge < -0.3 is 4.57 Å². The summed E-state index contributed by atoms with van der Waals surface area (Å²) >= 11 is 0. The lowest BCUT2D eigenvalue weighted by molar-refractivity contribution is 1.22. The van der Waals surface area contributed by atoms with Gasteiger partial charge >= 0.3 is 0 Å². The first kappa shape index (κ1) is 12.2. The van der Waals surface area contributed by atoms with Gasteiger partial charge in [-0.25, -0.2) is 0 Å². The first-order chi connectivity index (χ1) is 9.30. The van der Waals surface area contributed by atoms with Crippen molar-refractivity contribution in [3.63, 3.8) is 0 Å². The Kier molecular flexibility index (Phi) is 3.44. The van der Waals surface area contributed by atoms with Gasteiger partial charge in [0.05, 0.1) is 11.1 Å². The molecule has 0 amide bonds. The van der Waals surface area contributed by atoms with Crippen LogP contribution in [0, 0.1) is 34.0 Å². The third kappa shape index (κ3) is 2.36. The van der Waals surface area contributed by atoms with E-state index >= 15 is 0 Å². The highest BCUT2D eigenvalue weighted by molar-refractivity contribution is 5.82. The maximum absolute atomic E-state index is 8.93. The highest BCUT2D eigenvalue weighted by Crippen LogP contribution is 2.16. The molecule has 0 aliphatic heterocycles. The van der Waals surface area contributed by atoms with E-state index in [0.29, 0.717) is 0 Å². The largest absolute Gasteiger partial charge is 0.323 e. The molecule has 0 spiro atoms. The number of nitriles is 3. The summed E-state index contributed by atoms with van der Waals surface area (Å²) in [5, 5.41) is 27.5. The van der Waals surface area contributed by atoms with Crippen molar-refractivity contribution in [2.45, 2.75) is 0 Å². The molecule has 0 bridgehead atoms. The molecule has 0 aliphatic carbocycles. The first-order valence-electron chi connectivity index (χ1n) is 5.48. The zero-order chi connectivity index (χ0) is 13.7. The second-order valence-corrected chi connectivity index (χ2v) is 3.72. The molecule has 1 aromatic carbocycles. The fourth-order valence-electron chi connectivity index (χ4n) is 1.71. The van der Waals surface area contributed by atoms with Crippen LogP contribution in [0.25, 0.3) is 17.1 Å². The molecule has 0 unspecified atom stereocenters. The predicted octanol–water partition coefficient (Wildman–Crippen LogP) is 2.98. The third-order valence-corrected chi connectivity index (χ3v) is 2.64. The summed E-state index contributed by atoms with van der Waals surface area (Å²) < 4.78 is 1.83. The molecule has 88 valence electrons. The van der Waals surface area contributed by atoms with Crippen LogP contribution < -0.4 is 0 Å². The van der Waals surface area contributed by atoms with E-state index in [0.717, 1.165) is 10.9 Å². The zero-order valence-electron chi connectivity index (χ0n) is 9.91. The van der Waals surface area contributed by atoms with Crippen LogP contribution in [0.3, 0.4) is 0 Å². The summed E-state index contributed by atoms with van der Waals surface area (Å²) in [6, 6.07) is 15.0. The third-order valence-electron chi connectivity index (χ3n) is 2.64. The lowest BCUT2D eigenvalue weighted by Gasteiger charge is -1.97. The van der Waals surface area contributed by atoms with Crippen LogP contribution in [-0.2, 0) is 0 Å². The SMILES string of the molecule is N#CC(C#N)=C(C#N)/C=C/n1ccc2ccccc21. The molecule has 4 nitrogen and oxygen atoms in total. The molecule has 0 fully saturated rings. The Hall–Kier alpha value is -3.29. The highest BCUT2D eigenvalue weighted by atomic mass is 14.9. The van der Waals surface area contributed by atoms with Gasteiger partial charge in [0, 0.05) is 12.4 Å². The van der Waals surface area contributed by atoms with Gasteiger partial charge in [-0.05, 0) is 23.6 Å². The van der Waals surface area contributed by atoms with Gasteiger partial charge in [0.1, 0.15) is 23.8 Å². The summed E-state index contributed by atoms with van der Waals surface area (Å²) in [6.07, 6.45) is 4.98. The number of allylic oxidation sites excluding steroid dienone is 3. The van der Waals surface area contributed by atoms with Crippen molar-refractivity contribution in [1.29, 1.82) is 15.8 Å². The second-order valence-electron chi connectivity index (χ2n) is 3.72. The molecular weight excluding hydrogens is 236 g/mol. The van der Waals surface area contributed by atoms with Crippen molar-refractivity contribution >= 4 is 17.1 Å². The number of aromatic nitrogens is 1. The Labute approximate surface area is 110 Å². The average molecular weight is 244 g/mol. The Morgan fingerprint density at radius 3 is 2.42 bits per heavy atom. The van der Waals surface area contributed by atoms with Gasteiger partial charge in [-0.1, -0.05) is 18.2 Å². The summed E-state index contributed by atoms with van der Waals surface area (Å²) in [5.74, 6) is 0. The lowest BCUT2D eigenvalue weighted by Crippen LogP contribution is -1.85. The van der Waals surface area contributed by atoms with E-state index in [4.69, 9.17) is 15.8 Å². The minimum absolute atomic E-state index is 0.0581. The molecule has 0 saturated heterocycles. The molecular formula is C15H8N4. The van der Waals surface area contributed by atoms with E-state index in [9.17, 15) is 0 Å². The van der Waals surface area contributed by atoms with Crippen LogP contribution in [0.2, 0.25) is 0 Å².